The van der Waals surface area contributed by atoms with E-state index in [1.54, 1.807) is 6.07 Å². The molecule has 1 heterocycles. The second-order valence-corrected chi connectivity index (χ2v) is 5.45. The molecule has 1 aliphatic heterocycles. The Hall–Kier alpha value is -1.33. The van der Waals surface area contributed by atoms with Gasteiger partial charge < -0.3 is 10.2 Å². The predicted molar refractivity (Wildman–Crippen MR) is 57.0 cm³/mol. The standard InChI is InChI=1S/C8H14N4O3S/c1-16(14,15)12-6-4-11(5-7-12)8(13)10-3-2-9/h3-7H2,1H3,(H,10,13). The quantitative estimate of drug-likeness (QED) is 0.619. The van der Waals surface area contributed by atoms with Crippen LogP contribution in [0.25, 0.3) is 0 Å². The molecule has 0 aromatic carbocycles. The first-order valence-electron chi connectivity index (χ1n) is 4.80. The number of amides is 2. The first kappa shape index (κ1) is 12.7. The summed E-state index contributed by atoms with van der Waals surface area (Å²) in [5.74, 6) is 0. The first-order valence-corrected chi connectivity index (χ1v) is 6.65. The second-order valence-electron chi connectivity index (χ2n) is 3.47. The van der Waals surface area contributed by atoms with Gasteiger partial charge in [0.25, 0.3) is 0 Å². The summed E-state index contributed by atoms with van der Waals surface area (Å²) >= 11 is 0. The maximum atomic E-state index is 11.4. The third-order valence-electron chi connectivity index (χ3n) is 2.31. The molecule has 8 heteroatoms. The molecule has 90 valence electrons. The van der Waals surface area contributed by atoms with Gasteiger partial charge in [0.2, 0.25) is 10.0 Å². The second kappa shape index (κ2) is 5.14. The molecular formula is C8H14N4O3S. The van der Waals surface area contributed by atoms with Crippen LogP contribution < -0.4 is 5.32 Å². The van der Waals surface area contributed by atoms with Crippen molar-refractivity contribution in [1.29, 1.82) is 5.26 Å². The molecule has 0 aromatic heterocycles. The average Bonchev–Trinajstić information content (AvgIpc) is 2.25. The molecule has 0 atom stereocenters. The summed E-state index contributed by atoms with van der Waals surface area (Å²) in [5.41, 5.74) is 0. The fraction of sp³-hybridized carbons (Fsp3) is 0.750. The summed E-state index contributed by atoms with van der Waals surface area (Å²) in [6.07, 6.45) is 1.15. The van der Waals surface area contributed by atoms with E-state index >= 15 is 0 Å². The zero-order valence-electron chi connectivity index (χ0n) is 9.01. The lowest BCUT2D eigenvalue weighted by Crippen LogP contribution is -2.52. The lowest BCUT2D eigenvalue weighted by Gasteiger charge is -2.32. The number of nitrogens with one attached hydrogen (secondary N) is 1. The van der Waals surface area contributed by atoms with Crippen LogP contribution in [0.2, 0.25) is 0 Å². The molecule has 2 amide bonds. The lowest BCUT2D eigenvalue weighted by molar-refractivity contribution is 0.173. The van der Waals surface area contributed by atoms with Crippen molar-refractivity contribution in [2.75, 3.05) is 39.0 Å². The summed E-state index contributed by atoms with van der Waals surface area (Å²) in [7, 11) is -3.17. The minimum absolute atomic E-state index is 0.0366. The number of carbonyl (C=O) groups is 1. The van der Waals surface area contributed by atoms with Gasteiger partial charge in [-0.1, -0.05) is 0 Å². The summed E-state index contributed by atoms with van der Waals surface area (Å²) < 4.78 is 23.7. The Labute approximate surface area is 94.7 Å². The normalized spacial score (nSPS) is 17.9. The van der Waals surface area contributed by atoms with Crippen LogP contribution in [0.15, 0.2) is 0 Å². The van der Waals surface area contributed by atoms with Crippen molar-refractivity contribution in [2.24, 2.45) is 0 Å². The lowest BCUT2D eigenvalue weighted by atomic mass is 10.4. The summed E-state index contributed by atoms with van der Waals surface area (Å²) in [6.45, 7) is 1.28. The number of nitriles is 1. The molecule has 1 aliphatic rings. The van der Waals surface area contributed by atoms with E-state index in [0.29, 0.717) is 26.2 Å². The molecule has 0 aliphatic carbocycles. The minimum atomic E-state index is -3.17. The van der Waals surface area contributed by atoms with Crippen LogP contribution in [-0.2, 0) is 10.0 Å². The predicted octanol–water partition coefficient (Wildman–Crippen LogP) is -1.20. The van der Waals surface area contributed by atoms with Crippen LogP contribution >= 0.6 is 0 Å². The molecular weight excluding hydrogens is 232 g/mol. The average molecular weight is 246 g/mol. The summed E-state index contributed by atoms with van der Waals surface area (Å²) in [5, 5.41) is 10.7. The third-order valence-corrected chi connectivity index (χ3v) is 3.62. The highest BCUT2D eigenvalue weighted by Crippen LogP contribution is 2.05. The van der Waals surface area contributed by atoms with Gasteiger partial charge in [0.1, 0.15) is 6.54 Å². The molecule has 1 saturated heterocycles. The number of rotatable bonds is 2. The van der Waals surface area contributed by atoms with Crippen LogP contribution in [-0.4, -0.2) is 62.6 Å². The number of piperazine rings is 1. The van der Waals surface area contributed by atoms with E-state index in [4.69, 9.17) is 5.26 Å². The Morgan fingerprint density at radius 3 is 2.38 bits per heavy atom. The fourth-order valence-corrected chi connectivity index (χ4v) is 2.28. The number of nitrogens with zero attached hydrogens (tertiary/aromatic N) is 3. The first-order chi connectivity index (χ1) is 7.45. The van der Waals surface area contributed by atoms with Crippen molar-refractivity contribution in [3.8, 4) is 6.07 Å². The maximum absolute atomic E-state index is 11.4. The van der Waals surface area contributed by atoms with Gasteiger partial charge in [-0.15, -0.1) is 0 Å². The van der Waals surface area contributed by atoms with Crippen molar-refractivity contribution in [3.05, 3.63) is 0 Å². The molecule has 1 rings (SSSR count). The van der Waals surface area contributed by atoms with Gasteiger partial charge in [-0.05, 0) is 0 Å². The molecule has 0 aromatic rings. The van der Waals surface area contributed by atoms with Crippen molar-refractivity contribution in [2.45, 2.75) is 0 Å². The topological polar surface area (TPSA) is 93.5 Å². The number of hydrogen-bond donors (Lipinski definition) is 1. The van der Waals surface area contributed by atoms with Gasteiger partial charge >= 0.3 is 6.03 Å². The zero-order valence-corrected chi connectivity index (χ0v) is 9.83. The molecule has 1 fully saturated rings. The Balaban J connectivity index is 2.44. The van der Waals surface area contributed by atoms with Gasteiger partial charge in [0, 0.05) is 26.2 Å². The van der Waals surface area contributed by atoms with E-state index in [1.807, 2.05) is 0 Å². The highest BCUT2D eigenvalue weighted by molar-refractivity contribution is 7.88. The van der Waals surface area contributed by atoms with Gasteiger partial charge in [0.05, 0.1) is 12.3 Å². The minimum Gasteiger partial charge on any atom is -0.325 e. The van der Waals surface area contributed by atoms with Crippen molar-refractivity contribution >= 4 is 16.1 Å². The van der Waals surface area contributed by atoms with Crippen molar-refractivity contribution < 1.29 is 13.2 Å². The molecule has 7 nitrogen and oxygen atoms in total. The van der Waals surface area contributed by atoms with Crippen LogP contribution in [0.5, 0.6) is 0 Å². The summed E-state index contributed by atoms with van der Waals surface area (Å²) in [4.78, 5) is 12.9. The Morgan fingerprint density at radius 2 is 1.94 bits per heavy atom. The smallest absolute Gasteiger partial charge is 0.318 e. The molecule has 0 bridgehead atoms. The number of urea groups is 1. The highest BCUT2D eigenvalue weighted by Gasteiger charge is 2.25. The van der Waals surface area contributed by atoms with Crippen LogP contribution in [0.1, 0.15) is 0 Å². The molecule has 16 heavy (non-hydrogen) atoms. The van der Waals surface area contributed by atoms with Crippen molar-refractivity contribution in [3.63, 3.8) is 0 Å². The molecule has 0 saturated carbocycles. The Bertz CT molecular complexity index is 392. The molecule has 0 radical (unpaired) electrons. The van der Waals surface area contributed by atoms with Gasteiger partial charge in [0.15, 0.2) is 0 Å². The van der Waals surface area contributed by atoms with Gasteiger partial charge in [-0.25, -0.2) is 13.2 Å². The Kier molecular flexibility index (Phi) is 4.09. The monoisotopic (exact) mass is 246 g/mol. The third kappa shape index (κ3) is 3.36. The Morgan fingerprint density at radius 1 is 1.38 bits per heavy atom. The molecule has 1 N–H and O–H groups in total. The van der Waals surface area contributed by atoms with Crippen molar-refractivity contribution in [1.82, 2.24) is 14.5 Å². The highest BCUT2D eigenvalue weighted by atomic mass is 32.2. The van der Waals surface area contributed by atoms with E-state index in [1.165, 1.54) is 9.21 Å². The fourth-order valence-electron chi connectivity index (χ4n) is 1.45. The van der Waals surface area contributed by atoms with E-state index in [2.05, 4.69) is 5.32 Å². The molecule has 0 unspecified atom stereocenters. The number of hydrogen-bond acceptors (Lipinski definition) is 4. The maximum Gasteiger partial charge on any atom is 0.318 e. The van der Waals surface area contributed by atoms with Gasteiger partial charge in [-0.3, -0.25) is 0 Å². The van der Waals surface area contributed by atoms with E-state index < -0.39 is 10.0 Å². The summed E-state index contributed by atoms with van der Waals surface area (Å²) in [6, 6.07) is 1.48. The van der Waals surface area contributed by atoms with Crippen LogP contribution in [0.3, 0.4) is 0 Å². The SMILES string of the molecule is CS(=O)(=O)N1CCN(C(=O)NCC#N)CC1. The zero-order chi connectivity index (χ0) is 12.2. The molecule has 0 spiro atoms. The number of carbonyl (C=O) groups excluding carboxylic acids is 1. The van der Waals surface area contributed by atoms with E-state index in [0.717, 1.165) is 6.26 Å². The van der Waals surface area contributed by atoms with Gasteiger partial charge in [-0.2, -0.15) is 9.57 Å². The number of sulfonamides is 1. The van der Waals surface area contributed by atoms with E-state index in [-0.39, 0.29) is 12.6 Å². The van der Waals surface area contributed by atoms with E-state index in [9.17, 15) is 13.2 Å². The largest absolute Gasteiger partial charge is 0.325 e. The van der Waals surface area contributed by atoms with Crippen LogP contribution in [0.4, 0.5) is 4.79 Å². The van der Waals surface area contributed by atoms with Crippen LogP contribution in [0, 0.1) is 11.3 Å².